The third kappa shape index (κ3) is 4.24. The number of ketones is 1. The summed E-state index contributed by atoms with van der Waals surface area (Å²) in [6.07, 6.45) is 0. The lowest BCUT2D eigenvalue weighted by Gasteiger charge is -2.06. The van der Waals surface area contributed by atoms with Gasteiger partial charge in [-0.1, -0.05) is 11.8 Å². The topological polar surface area (TPSA) is 161 Å². The van der Waals surface area contributed by atoms with E-state index in [0.717, 1.165) is 11.8 Å². The number of nitrogens with two attached hydrogens (primary N) is 1. The van der Waals surface area contributed by atoms with Crippen LogP contribution in [0.1, 0.15) is 10.4 Å². The van der Waals surface area contributed by atoms with Gasteiger partial charge in [0.2, 0.25) is 15.2 Å². The van der Waals surface area contributed by atoms with E-state index in [1.807, 2.05) is 0 Å². The van der Waals surface area contributed by atoms with E-state index in [4.69, 9.17) is 5.14 Å². The zero-order valence-electron chi connectivity index (χ0n) is 13.6. The van der Waals surface area contributed by atoms with E-state index in [1.165, 1.54) is 47.1 Å². The summed E-state index contributed by atoms with van der Waals surface area (Å²) in [4.78, 5) is 12.2. The Kier molecular flexibility index (Phi) is 5.12. The number of nitrogens with zero attached hydrogens (tertiary/aromatic N) is 4. The number of carbonyl (C=O) groups excluding carboxylic acids is 1. The minimum atomic E-state index is -3.81. The number of aromatic hydroxyl groups is 2. The molecule has 0 atom stereocenters. The van der Waals surface area contributed by atoms with E-state index in [0.29, 0.717) is 10.8 Å². The summed E-state index contributed by atoms with van der Waals surface area (Å²) in [6.45, 7) is 0. The number of tetrazole rings is 1. The van der Waals surface area contributed by atoms with Crippen molar-refractivity contribution in [3.63, 3.8) is 0 Å². The standard InChI is InChI=1S/C15H13N5O5S2/c16-27(24,25)11-4-2-10(3-5-11)20-15(17-18-19-20)26-8-14(23)9-1-6-12(21)13(22)7-9/h1-7,21-22H,8H2,(H2,16,24,25). The minimum absolute atomic E-state index is 0.0140. The first kappa shape index (κ1) is 18.8. The first-order chi connectivity index (χ1) is 12.8. The highest BCUT2D eigenvalue weighted by atomic mass is 32.2. The molecule has 0 saturated heterocycles. The number of hydrogen-bond acceptors (Lipinski definition) is 9. The lowest BCUT2D eigenvalue weighted by molar-refractivity contribution is 0.102. The van der Waals surface area contributed by atoms with Crippen molar-refractivity contribution in [1.82, 2.24) is 20.2 Å². The van der Waals surface area contributed by atoms with Crippen LogP contribution in [-0.4, -0.2) is 50.4 Å². The fourth-order valence-electron chi connectivity index (χ4n) is 2.12. The van der Waals surface area contributed by atoms with Crippen molar-refractivity contribution in [2.45, 2.75) is 10.1 Å². The number of rotatable bonds is 6. The fraction of sp³-hybridized carbons (Fsp3) is 0.0667. The number of phenols is 2. The molecule has 0 aliphatic carbocycles. The monoisotopic (exact) mass is 407 g/mol. The molecule has 0 amide bonds. The predicted octanol–water partition coefficient (Wildman–Crippen LogP) is 0.696. The first-order valence-corrected chi connectivity index (χ1v) is 9.88. The van der Waals surface area contributed by atoms with Crippen LogP contribution in [0.3, 0.4) is 0 Å². The molecule has 0 bridgehead atoms. The lowest BCUT2D eigenvalue weighted by Crippen LogP contribution is -2.12. The molecule has 2 aromatic carbocycles. The molecule has 0 spiro atoms. The largest absolute Gasteiger partial charge is 0.504 e. The average Bonchev–Trinajstić information content (AvgIpc) is 3.10. The number of primary sulfonamides is 1. The highest BCUT2D eigenvalue weighted by Crippen LogP contribution is 2.26. The van der Waals surface area contributed by atoms with Crippen LogP contribution in [0, 0.1) is 0 Å². The number of thioether (sulfide) groups is 1. The van der Waals surface area contributed by atoms with E-state index >= 15 is 0 Å². The molecule has 0 radical (unpaired) electrons. The summed E-state index contributed by atoms with van der Waals surface area (Å²) >= 11 is 1.06. The summed E-state index contributed by atoms with van der Waals surface area (Å²) in [7, 11) is -3.81. The summed E-state index contributed by atoms with van der Waals surface area (Å²) in [5, 5.41) is 35.4. The molecule has 3 aromatic rings. The van der Waals surface area contributed by atoms with Crippen LogP contribution in [0.5, 0.6) is 11.5 Å². The van der Waals surface area contributed by atoms with Crippen LogP contribution in [0.4, 0.5) is 0 Å². The van der Waals surface area contributed by atoms with Crippen LogP contribution < -0.4 is 5.14 Å². The molecule has 12 heteroatoms. The molecule has 1 aromatic heterocycles. The molecule has 4 N–H and O–H groups in total. The van der Waals surface area contributed by atoms with Crippen LogP contribution in [0.15, 0.2) is 52.5 Å². The van der Waals surface area contributed by atoms with E-state index in [-0.39, 0.29) is 33.5 Å². The number of aromatic nitrogens is 4. The van der Waals surface area contributed by atoms with Crippen LogP contribution in [-0.2, 0) is 10.0 Å². The van der Waals surface area contributed by atoms with Gasteiger partial charge in [-0.25, -0.2) is 13.6 Å². The number of Topliss-reactive ketones (excluding diaryl/α,β-unsaturated/α-hetero) is 1. The maximum absolute atomic E-state index is 12.2. The maximum atomic E-state index is 12.2. The number of sulfonamides is 1. The van der Waals surface area contributed by atoms with Gasteiger partial charge in [-0.2, -0.15) is 4.68 Å². The number of benzene rings is 2. The molecule has 27 heavy (non-hydrogen) atoms. The summed E-state index contributed by atoms with van der Waals surface area (Å²) in [6, 6.07) is 9.42. The molecule has 0 saturated carbocycles. The van der Waals surface area contributed by atoms with Crippen LogP contribution >= 0.6 is 11.8 Å². The Hall–Kier alpha value is -2.96. The van der Waals surface area contributed by atoms with E-state index < -0.39 is 10.0 Å². The van der Waals surface area contributed by atoms with Crippen molar-refractivity contribution >= 4 is 27.6 Å². The third-order valence-electron chi connectivity index (χ3n) is 3.48. The molecule has 10 nitrogen and oxygen atoms in total. The Bertz CT molecular complexity index is 1100. The highest BCUT2D eigenvalue weighted by Gasteiger charge is 2.15. The second-order valence-electron chi connectivity index (χ2n) is 5.33. The molecule has 140 valence electrons. The van der Waals surface area contributed by atoms with Gasteiger partial charge >= 0.3 is 0 Å². The van der Waals surface area contributed by atoms with E-state index in [2.05, 4.69) is 15.5 Å². The van der Waals surface area contributed by atoms with E-state index in [9.17, 15) is 23.4 Å². The molecule has 0 aliphatic heterocycles. The second kappa shape index (κ2) is 7.34. The van der Waals surface area contributed by atoms with Crippen molar-refractivity contribution in [1.29, 1.82) is 0 Å². The van der Waals surface area contributed by atoms with Gasteiger partial charge in [-0.05, 0) is 52.9 Å². The van der Waals surface area contributed by atoms with Gasteiger partial charge in [-0.3, -0.25) is 4.79 Å². The average molecular weight is 407 g/mol. The van der Waals surface area contributed by atoms with Gasteiger partial charge in [0.1, 0.15) is 0 Å². The Labute approximate surface area is 157 Å². The van der Waals surface area contributed by atoms with Crippen LogP contribution in [0.25, 0.3) is 5.69 Å². The maximum Gasteiger partial charge on any atom is 0.238 e. The Morgan fingerprint density at radius 3 is 2.44 bits per heavy atom. The molecule has 0 fully saturated rings. The Balaban J connectivity index is 1.75. The molecule has 1 heterocycles. The normalized spacial score (nSPS) is 11.4. The van der Waals surface area contributed by atoms with Crippen molar-refractivity contribution in [2.75, 3.05) is 5.75 Å². The van der Waals surface area contributed by atoms with Crippen LogP contribution in [0.2, 0.25) is 0 Å². The van der Waals surface area contributed by atoms with Gasteiger partial charge < -0.3 is 10.2 Å². The predicted molar refractivity (Wildman–Crippen MR) is 95.4 cm³/mol. The first-order valence-electron chi connectivity index (χ1n) is 7.35. The lowest BCUT2D eigenvalue weighted by atomic mass is 10.1. The summed E-state index contributed by atoms with van der Waals surface area (Å²) in [5.41, 5.74) is 0.721. The van der Waals surface area contributed by atoms with Gasteiger partial charge in [-0.15, -0.1) is 5.10 Å². The van der Waals surface area contributed by atoms with Crippen molar-refractivity contribution in [2.24, 2.45) is 5.14 Å². The van der Waals surface area contributed by atoms with Gasteiger partial charge in [0.05, 0.1) is 16.3 Å². The third-order valence-corrected chi connectivity index (χ3v) is 5.33. The van der Waals surface area contributed by atoms with Gasteiger partial charge in [0, 0.05) is 5.56 Å². The summed E-state index contributed by atoms with van der Waals surface area (Å²) < 4.78 is 24.0. The highest BCUT2D eigenvalue weighted by molar-refractivity contribution is 7.99. The molecule has 0 aliphatic rings. The smallest absolute Gasteiger partial charge is 0.238 e. The van der Waals surface area contributed by atoms with E-state index in [1.54, 1.807) is 0 Å². The van der Waals surface area contributed by atoms with Gasteiger partial charge in [0.15, 0.2) is 17.3 Å². The summed E-state index contributed by atoms with van der Waals surface area (Å²) in [5.74, 6) is -1.01. The molecular formula is C15H13N5O5S2. The molecule has 0 unspecified atom stereocenters. The molecule has 3 rings (SSSR count). The van der Waals surface area contributed by atoms with Crippen molar-refractivity contribution in [3.8, 4) is 17.2 Å². The SMILES string of the molecule is NS(=O)(=O)c1ccc(-n2nnnc2SCC(=O)c2ccc(O)c(O)c2)cc1. The van der Waals surface area contributed by atoms with Crippen molar-refractivity contribution < 1.29 is 23.4 Å². The van der Waals surface area contributed by atoms with Crippen molar-refractivity contribution in [3.05, 3.63) is 48.0 Å². The zero-order valence-corrected chi connectivity index (χ0v) is 15.2. The number of hydrogen-bond donors (Lipinski definition) is 3. The zero-order chi connectivity index (χ0) is 19.6. The minimum Gasteiger partial charge on any atom is -0.504 e. The van der Waals surface area contributed by atoms with Gasteiger partial charge in [0.25, 0.3) is 0 Å². The Morgan fingerprint density at radius 2 is 1.81 bits per heavy atom. The number of phenolic OH excluding ortho intramolecular Hbond substituents is 2. The number of carbonyl (C=O) groups is 1. The second-order valence-corrected chi connectivity index (χ2v) is 7.83. The fourth-order valence-corrected chi connectivity index (χ4v) is 3.42. The quantitative estimate of drug-likeness (QED) is 0.303. The molecular weight excluding hydrogens is 394 g/mol. The Morgan fingerprint density at radius 1 is 1.11 bits per heavy atom.